The number of nitrogens with zero attached hydrogens (tertiary/aromatic N) is 1. The van der Waals surface area contributed by atoms with Gasteiger partial charge in [0, 0.05) is 11.0 Å². The highest BCUT2D eigenvalue weighted by atomic mass is 79.9. The third kappa shape index (κ3) is 3.25. The predicted octanol–water partition coefficient (Wildman–Crippen LogP) is 5.13. The van der Waals surface area contributed by atoms with Gasteiger partial charge in [-0.05, 0) is 61.9 Å². The van der Waals surface area contributed by atoms with Gasteiger partial charge in [-0.2, -0.15) is 0 Å². The standard InChI is InChI=1S/C17H23BrFN/c18-16-12-15(19)5-4-14(16)13-20-10-8-17(9-11-20)6-2-1-3-7-17/h4-5,12H,1-3,6-11,13H2. The number of piperidine rings is 1. The maximum atomic E-state index is 13.1. The lowest BCUT2D eigenvalue weighted by atomic mass is 9.68. The highest BCUT2D eigenvalue weighted by Gasteiger charge is 2.35. The van der Waals surface area contributed by atoms with Gasteiger partial charge in [0.25, 0.3) is 0 Å². The summed E-state index contributed by atoms with van der Waals surface area (Å²) in [6.45, 7) is 3.34. The van der Waals surface area contributed by atoms with Crippen molar-refractivity contribution >= 4 is 15.9 Å². The molecular weight excluding hydrogens is 317 g/mol. The van der Waals surface area contributed by atoms with Gasteiger partial charge in [0.05, 0.1) is 0 Å². The molecule has 1 heterocycles. The molecule has 110 valence electrons. The molecule has 3 rings (SSSR count). The Morgan fingerprint density at radius 3 is 2.40 bits per heavy atom. The fraction of sp³-hybridized carbons (Fsp3) is 0.647. The largest absolute Gasteiger partial charge is 0.299 e. The van der Waals surface area contributed by atoms with Crippen LogP contribution in [0.1, 0.15) is 50.5 Å². The zero-order chi connectivity index (χ0) is 14.0. The van der Waals surface area contributed by atoms with Crippen LogP contribution >= 0.6 is 15.9 Å². The molecule has 0 radical (unpaired) electrons. The number of hydrogen-bond donors (Lipinski definition) is 0. The number of likely N-dealkylation sites (tertiary alicyclic amines) is 1. The number of hydrogen-bond acceptors (Lipinski definition) is 1. The van der Waals surface area contributed by atoms with Crippen molar-refractivity contribution in [3.63, 3.8) is 0 Å². The normalized spacial score (nSPS) is 23.1. The lowest BCUT2D eigenvalue weighted by Gasteiger charge is -2.44. The van der Waals surface area contributed by atoms with Crippen molar-refractivity contribution in [2.75, 3.05) is 13.1 Å². The Balaban J connectivity index is 1.58. The van der Waals surface area contributed by atoms with Crippen molar-refractivity contribution < 1.29 is 4.39 Å². The fourth-order valence-electron chi connectivity index (χ4n) is 3.88. The summed E-state index contributed by atoms with van der Waals surface area (Å²) in [5.74, 6) is -0.166. The van der Waals surface area contributed by atoms with Gasteiger partial charge in [0.1, 0.15) is 5.82 Å². The Hall–Kier alpha value is -0.410. The van der Waals surface area contributed by atoms with Gasteiger partial charge >= 0.3 is 0 Å². The first-order chi connectivity index (χ1) is 9.67. The predicted molar refractivity (Wildman–Crippen MR) is 84.1 cm³/mol. The lowest BCUT2D eigenvalue weighted by molar-refractivity contribution is 0.0640. The zero-order valence-corrected chi connectivity index (χ0v) is 13.6. The molecule has 2 aliphatic rings. The minimum absolute atomic E-state index is 0.166. The first-order valence-corrected chi connectivity index (χ1v) is 8.63. The summed E-state index contributed by atoms with van der Waals surface area (Å²) in [5, 5.41) is 0. The van der Waals surface area contributed by atoms with Gasteiger partial charge in [-0.3, -0.25) is 4.90 Å². The molecule has 0 atom stereocenters. The van der Waals surface area contributed by atoms with Gasteiger partial charge in [0.15, 0.2) is 0 Å². The molecule has 0 N–H and O–H groups in total. The van der Waals surface area contributed by atoms with Crippen LogP contribution in [0, 0.1) is 11.2 Å². The molecule has 1 nitrogen and oxygen atoms in total. The summed E-state index contributed by atoms with van der Waals surface area (Å²) < 4.78 is 14.0. The van der Waals surface area contributed by atoms with Crippen molar-refractivity contribution in [1.82, 2.24) is 4.90 Å². The lowest BCUT2D eigenvalue weighted by Crippen LogP contribution is -2.40. The first kappa shape index (κ1) is 14.5. The summed E-state index contributed by atoms with van der Waals surface area (Å²) >= 11 is 3.48. The molecule has 1 aromatic rings. The molecule has 0 unspecified atom stereocenters. The van der Waals surface area contributed by atoms with Gasteiger partial charge in [-0.25, -0.2) is 4.39 Å². The summed E-state index contributed by atoms with van der Waals surface area (Å²) in [4.78, 5) is 2.53. The first-order valence-electron chi connectivity index (χ1n) is 7.83. The minimum Gasteiger partial charge on any atom is -0.299 e. The van der Waals surface area contributed by atoms with Crippen LogP contribution in [-0.2, 0) is 6.54 Å². The summed E-state index contributed by atoms with van der Waals surface area (Å²) in [6, 6.07) is 5.04. The minimum atomic E-state index is -0.166. The SMILES string of the molecule is Fc1ccc(CN2CCC3(CCCCC3)CC2)c(Br)c1. The van der Waals surface area contributed by atoms with Crippen molar-refractivity contribution in [2.45, 2.75) is 51.5 Å². The van der Waals surface area contributed by atoms with Crippen LogP contribution in [0.3, 0.4) is 0 Å². The molecule has 20 heavy (non-hydrogen) atoms. The Morgan fingerprint density at radius 1 is 1.05 bits per heavy atom. The van der Waals surface area contributed by atoms with E-state index in [0.717, 1.165) is 11.0 Å². The topological polar surface area (TPSA) is 3.24 Å². The third-order valence-electron chi connectivity index (χ3n) is 5.24. The Labute approximate surface area is 129 Å². The number of benzene rings is 1. The van der Waals surface area contributed by atoms with E-state index in [1.807, 2.05) is 6.07 Å². The van der Waals surface area contributed by atoms with Gasteiger partial charge in [-0.15, -0.1) is 0 Å². The zero-order valence-electron chi connectivity index (χ0n) is 12.0. The molecule has 0 bridgehead atoms. The molecule has 1 aromatic carbocycles. The molecule has 2 fully saturated rings. The average Bonchev–Trinajstić information content (AvgIpc) is 2.45. The van der Waals surface area contributed by atoms with Gasteiger partial charge < -0.3 is 0 Å². The van der Waals surface area contributed by atoms with E-state index in [-0.39, 0.29) is 5.82 Å². The molecule has 1 saturated carbocycles. The van der Waals surface area contributed by atoms with E-state index in [4.69, 9.17) is 0 Å². The molecule has 1 saturated heterocycles. The quantitative estimate of drug-likeness (QED) is 0.721. The Kier molecular flexibility index (Phi) is 4.46. The van der Waals surface area contributed by atoms with E-state index in [9.17, 15) is 4.39 Å². The van der Waals surface area contributed by atoms with Crippen LogP contribution in [0.25, 0.3) is 0 Å². The molecule has 1 spiro atoms. The van der Waals surface area contributed by atoms with E-state index in [2.05, 4.69) is 20.8 Å². The Bertz CT molecular complexity index is 458. The summed E-state index contributed by atoms with van der Waals surface area (Å²) in [7, 11) is 0. The van der Waals surface area contributed by atoms with Crippen LogP contribution in [0.15, 0.2) is 22.7 Å². The molecule has 3 heteroatoms. The van der Waals surface area contributed by atoms with Crippen LogP contribution in [0.2, 0.25) is 0 Å². The fourth-order valence-corrected chi connectivity index (χ4v) is 4.35. The monoisotopic (exact) mass is 339 g/mol. The van der Waals surface area contributed by atoms with E-state index in [1.54, 1.807) is 12.1 Å². The number of halogens is 2. The van der Waals surface area contributed by atoms with Crippen molar-refractivity contribution in [1.29, 1.82) is 0 Å². The highest BCUT2D eigenvalue weighted by Crippen LogP contribution is 2.44. The van der Waals surface area contributed by atoms with Crippen LogP contribution < -0.4 is 0 Å². The van der Waals surface area contributed by atoms with Crippen molar-refractivity contribution in [3.8, 4) is 0 Å². The smallest absolute Gasteiger partial charge is 0.124 e. The van der Waals surface area contributed by atoms with Crippen LogP contribution in [0.5, 0.6) is 0 Å². The second-order valence-corrected chi connectivity index (χ2v) is 7.43. The van der Waals surface area contributed by atoms with Crippen molar-refractivity contribution in [3.05, 3.63) is 34.1 Å². The maximum Gasteiger partial charge on any atom is 0.124 e. The maximum absolute atomic E-state index is 13.1. The average molecular weight is 340 g/mol. The summed E-state index contributed by atoms with van der Waals surface area (Å²) in [5.41, 5.74) is 1.86. The second kappa shape index (κ2) is 6.15. The number of rotatable bonds is 2. The Morgan fingerprint density at radius 2 is 1.75 bits per heavy atom. The van der Waals surface area contributed by atoms with E-state index in [0.29, 0.717) is 5.41 Å². The third-order valence-corrected chi connectivity index (χ3v) is 5.98. The van der Waals surface area contributed by atoms with Crippen LogP contribution in [0.4, 0.5) is 4.39 Å². The van der Waals surface area contributed by atoms with Crippen LogP contribution in [-0.4, -0.2) is 18.0 Å². The molecule has 1 aliphatic heterocycles. The van der Waals surface area contributed by atoms with E-state index in [1.165, 1.54) is 63.6 Å². The van der Waals surface area contributed by atoms with Crippen molar-refractivity contribution in [2.24, 2.45) is 5.41 Å². The summed E-state index contributed by atoms with van der Waals surface area (Å²) in [6.07, 6.45) is 9.90. The van der Waals surface area contributed by atoms with Gasteiger partial charge in [-0.1, -0.05) is 41.3 Å². The molecule has 1 aliphatic carbocycles. The molecular formula is C17H23BrFN. The van der Waals surface area contributed by atoms with E-state index >= 15 is 0 Å². The molecule has 0 aromatic heterocycles. The highest BCUT2D eigenvalue weighted by molar-refractivity contribution is 9.10. The van der Waals surface area contributed by atoms with E-state index < -0.39 is 0 Å². The second-order valence-electron chi connectivity index (χ2n) is 6.57. The van der Waals surface area contributed by atoms with Gasteiger partial charge in [0.2, 0.25) is 0 Å². The molecule has 0 amide bonds.